The minimum atomic E-state index is -2.39. The molecule has 75 heavy (non-hydrogen) atoms. The van der Waals surface area contributed by atoms with Crippen LogP contribution in [0, 0.1) is 0 Å². The molecule has 5 aromatic rings. The summed E-state index contributed by atoms with van der Waals surface area (Å²) in [4.78, 5) is 85.6. The van der Waals surface area contributed by atoms with Crippen LogP contribution in [0.4, 0.5) is 0 Å². The highest BCUT2D eigenvalue weighted by Crippen LogP contribution is 2.42. The first-order valence-corrected chi connectivity index (χ1v) is 30.8. The zero-order chi connectivity index (χ0) is 54.3. The number of carbonyl (C=O) groups excluding carboxylic acids is 4. The maximum absolute atomic E-state index is 14.1. The van der Waals surface area contributed by atoms with Gasteiger partial charge in [0.15, 0.2) is 41.2 Å². The molecule has 2 aliphatic heterocycles. The van der Waals surface area contributed by atoms with Crippen molar-refractivity contribution < 1.29 is 61.2 Å². The fourth-order valence-electron chi connectivity index (χ4n) is 7.88. The van der Waals surface area contributed by atoms with Crippen molar-refractivity contribution in [1.29, 1.82) is 0 Å². The summed E-state index contributed by atoms with van der Waals surface area (Å²) in [6.07, 6.45) is -8.56. The molecule has 19 heteroatoms. The molecule has 0 aliphatic carbocycles. The molecule has 0 radical (unpaired) electrons. The lowest BCUT2D eigenvalue weighted by atomic mass is 9.97. The van der Waals surface area contributed by atoms with E-state index in [0.717, 1.165) is 0 Å². The quantitative estimate of drug-likeness (QED) is 0.0494. The van der Waals surface area contributed by atoms with Crippen molar-refractivity contribution in [3.8, 4) is 0 Å². The van der Waals surface area contributed by atoms with Crippen LogP contribution in [-0.2, 0) is 48.6 Å². The number of hydrogen-bond acceptors (Lipinski definition) is 15. The molecule has 2 saturated heterocycles. The van der Waals surface area contributed by atoms with Gasteiger partial charge in [-0.2, -0.15) is 0 Å². The zero-order valence-electron chi connectivity index (χ0n) is 44.1. The minimum absolute atomic E-state index is 0.0692. The second-order valence-corrected chi connectivity index (χ2v) is 31.3. The fraction of sp³-hybridized carbons (Fsp3) is 0.429. The Morgan fingerprint density at radius 2 is 1.04 bits per heavy atom. The van der Waals surface area contributed by atoms with Crippen molar-refractivity contribution in [2.24, 2.45) is 0 Å². The van der Waals surface area contributed by atoms with Gasteiger partial charge >= 0.3 is 29.6 Å². The van der Waals surface area contributed by atoms with Crippen LogP contribution in [0.5, 0.6) is 0 Å². The number of benzene rings is 4. The van der Waals surface area contributed by atoms with Crippen LogP contribution in [0.1, 0.15) is 101 Å². The first-order valence-electron chi connectivity index (χ1n) is 25.0. The predicted molar refractivity (Wildman–Crippen MR) is 282 cm³/mol. The molecule has 1 aromatic heterocycles. The van der Waals surface area contributed by atoms with E-state index in [1.54, 1.807) is 84.9 Å². The van der Waals surface area contributed by atoms with Crippen LogP contribution in [0.25, 0.3) is 0 Å². The second-order valence-electron chi connectivity index (χ2n) is 21.7. The number of nitrogens with one attached hydrogen (secondary N) is 1. The maximum atomic E-state index is 14.1. The summed E-state index contributed by atoms with van der Waals surface area (Å²) in [7, 11) is -4.64. The monoisotopic (exact) mass is 1060 g/mol. The first kappa shape index (κ1) is 56.4. The zero-order valence-corrected chi connectivity index (χ0v) is 46.1. The number of rotatable bonds is 18. The summed E-state index contributed by atoms with van der Waals surface area (Å²) < 4.78 is 58.7. The number of aromatic nitrogens is 2. The summed E-state index contributed by atoms with van der Waals surface area (Å²) in [6, 6.07) is 32.0. The van der Waals surface area contributed by atoms with Crippen molar-refractivity contribution in [3.05, 3.63) is 176 Å². The van der Waals surface area contributed by atoms with Crippen molar-refractivity contribution >= 4 is 40.5 Å². The highest BCUT2D eigenvalue weighted by atomic mass is 28.4. The molecule has 7 rings (SSSR count). The molecule has 0 bridgehead atoms. The Kier molecular flexibility index (Phi) is 17.8. The SMILES string of the molecule is CC(C)(C)[Si](C)(C)OC[C@H]1O[C@@H](n2cc(CO[C@@H]3O[C@H](COC(=O)c4ccccc4)[C@@H](OC(=O)c4ccccc4)[C@H](OC(=O)c4ccccc4)[C@H]3OC(=O)c3ccccc3)c(=O)[nH]c2=O)C[C@@H]1O[Si](C)(C)C(C)(C)C. The van der Waals surface area contributed by atoms with E-state index in [4.69, 9.17) is 42.0 Å². The minimum Gasteiger partial charge on any atom is -0.459 e. The van der Waals surface area contributed by atoms with Gasteiger partial charge in [-0.05, 0) is 84.8 Å². The molecule has 0 unspecified atom stereocenters. The number of nitrogens with zero attached hydrogens (tertiary/aromatic N) is 1. The van der Waals surface area contributed by atoms with Crippen molar-refractivity contribution in [2.75, 3.05) is 13.2 Å². The predicted octanol–water partition coefficient (Wildman–Crippen LogP) is 9.01. The van der Waals surface area contributed by atoms with Crippen LogP contribution < -0.4 is 11.2 Å². The van der Waals surface area contributed by atoms with E-state index in [-0.39, 0.29) is 50.9 Å². The third-order valence-electron chi connectivity index (χ3n) is 14.3. The van der Waals surface area contributed by atoms with E-state index in [1.807, 2.05) is 0 Å². The Hall–Kier alpha value is -6.33. The average molecular weight is 1070 g/mol. The standard InChI is InChI=1S/C56H68N2O15Si2/c1-55(2,3)74(7,8)67-35-42-41(73-75(9,10)56(4,5)6)31-44(68-42)58-32-40(48(59)57-54(58)64)33-66-53-47(72-52(63)39-29-21-14-22-30-39)46(71-51(62)38-27-19-13-20-28-38)45(70-50(61)37-25-17-12-18-26-37)43(69-53)34-65-49(60)36-23-15-11-16-24-36/h11-30,32,41-47,53H,31,33-35H2,1-10H3,(H,57,59,64)/t41-,42+,43+,44+,45+,46-,47+,53+/m0/s1. The number of hydrogen-bond donors (Lipinski definition) is 1. The molecular weight excluding hydrogens is 997 g/mol. The molecule has 400 valence electrons. The molecule has 2 aliphatic rings. The molecular formula is C56H68N2O15Si2. The second kappa shape index (κ2) is 23.7. The van der Waals surface area contributed by atoms with Gasteiger partial charge in [0.05, 0.1) is 47.1 Å². The van der Waals surface area contributed by atoms with E-state index in [9.17, 15) is 28.8 Å². The lowest BCUT2D eigenvalue weighted by Gasteiger charge is -2.44. The van der Waals surface area contributed by atoms with E-state index in [0.29, 0.717) is 0 Å². The normalized spacial score (nSPS) is 22.2. The van der Waals surface area contributed by atoms with E-state index in [1.165, 1.54) is 47.2 Å². The molecule has 8 atom stereocenters. The number of ether oxygens (including phenoxy) is 7. The van der Waals surface area contributed by atoms with Gasteiger partial charge < -0.3 is 42.0 Å². The van der Waals surface area contributed by atoms with Gasteiger partial charge in [0, 0.05) is 12.6 Å². The Morgan fingerprint density at radius 3 is 1.52 bits per heavy atom. The Balaban J connectivity index is 1.26. The summed E-state index contributed by atoms with van der Waals surface area (Å²) in [5.74, 6) is -3.42. The highest BCUT2D eigenvalue weighted by Gasteiger charge is 2.54. The average Bonchev–Trinajstić information content (AvgIpc) is 3.77. The Morgan fingerprint density at radius 1 is 0.587 bits per heavy atom. The van der Waals surface area contributed by atoms with Gasteiger partial charge in [0.1, 0.15) is 25.0 Å². The number of aromatic amines is 1. The topological polar surface area (TPSA) is 206 Å². The molecule has 0 amide bonds. The smallest absolute Gasteiger partial charge is 0.338 e. The van der Waals surface area contributed by atoms with E-state index >= 15 is 0 Å². The lowest BCUT2D eigenvalue weighted by Crippen LogP contribution is -2.63. The summed E-state index contributed by atoms with van der Waals surface area (Å²) >= 11 is 0. The number of esters is 4. The maximum Gasteiger partial charge on any atom is 0.338 e. The lowest BCUT2D eigenvalue weighted by molar-refractivity contribution is -0.301. The van der Waals surface area contributed by atoms with Crippen LogP contribution in [0.2, 0.25) is 36.3 Å². The van der Waals surface area contributed by atoms with E-state index < -0.39 is 114 Å². The number of H-pyrrole nitrogens is 1. The molecule has 0 saturated carbocycles. The first-order chi connectivity index (χ1) is 35.4. The highest BCUT2D eigenvalue weighted by molar-refractivity contribution is 6.74. The van der Waals surface area contributed by atoms with Crippen LogP contribution in [0.3, 0.4) is 0 Å². The van der Waals surface area contributed by atoms with Crippen LogP contribution in [0.15, 0.2) is 137 Å². The molecule has 1 N–H and O–H groups in total. The van der Waals surface area contributed by atoms with Gasteiger partial charge in [-0.3, -0.25) is 14.3 Å². The largest absolute Gasteiger partial charge is 0.459 e. The van der Waals surface area contributed by atoms with Crippen LogP contribution >= 0.6 is 0 Å². The van der Waals surface area contributed by atoms with Gasteiger partial charge in [0.2, 0.25) is 0 Å². The molecule has 2 fully saturated rings. The van der Waals surface area contributed by atoms with Crippen LogP contribution in [-0.4, -0.2) is 106 Å². The molecule has 3 heterocycles. The van der Waals surface area contributed by atoms with E-state index in [2.05, 4.69) is 72.7 Å². The van der Waals surface area contributed by atoms with Gasteiger partial charge in [-0.15, -0.1) is 0 Å². The third kappa shape index (κ3) is 13.9. The number of carbonyl (C=O) groups is 4. The summed E-state index contributed by atoms with van der Waals surface area (Å²) in [5.41, 5.74) is -1.09. The Labute approximate surface area is 439 Å². The Bertz CT molecular complexity index is 2870. The third-order valence-corrected chi connectivity index (χ3v) is 23.3. The van der Waals surface area contributed by atoms with Gasteiger partial charge in [-0.25, -0.2) is 24.0 Å². The summed E-state index contributed by atoms with van der Waals surface area (Å²) in [6.45, 7) is 20.5. The molecule has 4 aromatic carbocycles. The van der Waals surface area contributed by atoms with Crippen molar-refractivity contribution in [3.63, 3.8) is 0 Å². The van der Waals surface area contributed by atoms with Crippen molar-refractivity contribution in [1.82, 2.24) is 9.55 Å². The fourth-order valence-corrected chi connectivity index (χ4v) is 10.3. The molecule has 17 nitrogen and oxygen atoms in total. The van der Waals surface area contributed by atoms with Crippen molar-refractivity contribution in [2.45, 2.75) is 140 Å². The van der Waals surface area contributed by atoms with Gasteiger partial charge in [-0.1, -0.05) is 114 Å². The van der Waals surface area contributed by atoms with Gasteiger partial charge in [0.25, 0.3) is 5.56 Å². The molecule has 0 spiro atoms. The summed E-state index contributed by atoms with van der Waals surface area (Å²) in [5, 5.41) is -0.231.